The number of benzene rings is 2. The van der Waals surface area contributed by atoms with Crippen LogP contribution in [0.4, 0.5) is 5.69 Å². The predicted octanol–water partition coefficient (Wildman–Crippen LogP) is 2.32. The molecule has 196 valence electrons. The van der Waals surface area contributed by atoms with Crippen molar-refractivity contribution >= 4 is 35.2 Å². The van der Waals surface area contributed by atoms with Crippen LogP contribution in [-0.4, -0.2) is 70.6 Å². The summed E-state index contributed by atoms with van der Waals surface area (Å²) in [6.45, 7) is 1.79. The minimum Gasteiger partial charge on any atom is -0.497 e. The number of carbonyl (C=O) groups excluding carboxylic acids is 3. The normalized spacial score (nSPS) is 30.6. The third-order valence-corrected chi connectivity index (χ3v) is 10.3. The van der Waals surface area contributed by atoms with E-state index in [1.54, 1.807) is 55.1 Å². The highest BCUT2D eigenvalue weighted by Gasteiger charge is 2.76. The molecule has 1 spiro atoms. The summed E-state index contributed by atoms with van der Waals surface area (Å²) in [4.78, 5) is 42.9. The number of thioether (sulfide) groups is 1. The summed E-state index contributed by atoms with van der Waals surface area (Å²) in [5.74, 6) is -1.09. The van der Waals surface area contributed by atoms with Crippen LogP contribution in [0.15, 0.2) is 54.6 Å². The number of nitrogens with one attached hydrogen (secondary N) is 2. The zero-order chi connectivity index (χ0) is 26.3. The van der Waals surface area contributed by atoms with E-state index in [0.29, 0.717) is 17.9 Å². The Labute approximate surface area is 221 Å². The van der Waals surface area contributed by atoms with Crippen molar-refractivity contribution in [2.45, 2.75) is 41.8 Å². The number of amides is 3. The molecule has 3 saturated heterocycles. The Hall–Kier alpha value is -3.04. The lowest BCUT2D eigenvalue weighted by Crippen LogP contribution is -2.57. The standard InChI is InChI=1S/C28H33N3O5S/c1-16-13-21-22(25(33)29-2)23-27(35)31(19(15-32)14-17-7-5-4-6-8-17)24(28(16,23)37-21)26(34)30-18-9-11-20(36-3)12-10-18/h4-12,16,19,21-24,32H,13-15H2,1-3H3,(H,29,33)(H,30,34)/t16?,19-,21+,22-,23+,24?,28?/m1/s1. The summed E-state index contributed by atoms with van der Waals surface area (Å²) in [5, 5.41) is 16.2. The van der Waals surface area contributed by atoms with Gasteiger partial charge in [-0.25, -0.2) is 0 Å². The number of hydrogen-bond donors (Lipinski definition) is 3. The van der Waals surface area contributed by atoms with Crippen LogP contribution in [0.25, 0.3) is 0 Å². The monoisotopic (exact) mass is 523 g/mol. The number of anilines is 1. The summed E-state index contributed by atoms with van der Waals surface area (Å²) in [5.41, 5.74) is 1.56. The van der Waals surface area contributed by atoms with E-state index in [9.17, 15) is 19.5 Å². The minimum absolute atomic E-state index is 0.0240. The fraction of sp³-hybridized carbons (Fsp3) is 0.464. The van der Waals surface area contributed by atoms with Crippen molar-refractivity contribution in [1.82, 2.24) is 10.2 Å². The Morgan fingerprint density at radius 1 is 1.16 bits per heavy atom. The highest BCUT2D eigenvalue weighted by Crippen LogP contribution is 2.68. The van der Waals surface area contributed by atoms with Crippen molar-refractivity contribution in [1.29, 1.82) is 0 Å². The summed E-state index contributed by atoms with van der Waals surface area (Å²) >= 11 is 1.62. The summed E-state index contributed by atoms with van der Waals surface area (Å²) < 4.78 is 4.48. The molecule has 3 fully saturated rings. The van der Waals surface area contributed by atoms with E-state index >= 15 is 0 Å². The number of ether oxygens (including phenoxy) is 1. The molecule has 3 unspecified atom stereocenters. The van der Waals surface area contributed by atoms with E-state index in [-0.39, 0.29) is 35.5 Å². The molecule has 8 nitrogen and oxygen atoms in total. The zero-order valence-corrected chi connectivity index (χ0v) is 22.0. The number of nitrogens with zero attached hydrogens (tertiary/aromatic N) is 1. The van der Waals surface area contributed by atoms with Crippen molar-refractivity contribution in [2.24, 2.45) is 17.8 Å². The molecule has 0 radical (unpaired) electrons. The molecule has 3 N–H and O–H groups in total. The van der Waals surface area contributed by atoms with Gasteiger partial charge in [0.1, 0.15) is 11.8 Å². The lowest BCUT2D eigenvalue weighted by molar-refractivity contribution is -0.142. The van der Waals surface area contributed by atoms with Gasteiger partial charge in [-0.2, -0.15) is 0 Å². The molecule has 3 aliphatic heterocycles. The number of methoxy groups -OCH3 is 1. The van der Waals surface area contributed by atoms with Gasteiger partial charge in [0.25, 0.3) is 0 Å². The molecule has 3 amide bonds. The predicted molar refractivity (Wildman–Crippen MR) is 142 cm³/mol. The summed E-state index contributed by atoms with van der Waals surface area (Å²) in [7, 11) is 3.17. The van der Waals surface area contributed by atoms with E-state index in [4.69, 9.17) is 4.74 Å². The summed E-state index contributed by atoms with van der Waals surface area (Å²) in [6.07, 6.45) is 1.17. The largest absolute Gasteiger partial charge is 0.497 e. The second-order valence-electron chi connectivity index (χ2n) is 10.2. The molecular formula is C28H33N3O5S. The number of likely N-dealkylation sites (tertiary alicyclic amines) is 1. The SMILES string of the molecule is CNC(=O)[C@@H]1[C@@H]2CC(C)C3(S2)C(C(=O)Nc2ccc(OC)cc2)N([C@@H](CO)Cc2ccccc2)C(=O)[C@H]13. The molecule has 9 heteroatoms. The van der Waals surface area contributed by atoms with Crippen molar-refractivity contribution < 1.29 is 24.2 Å². The topological polar surface area (TPSA) is 108 Å². The Morgan fingerprint density at radius 3 is 2.49 bits per heavy atom. The number of fused-ring (bicyclic) bond motifs is 1. The molecule has 2 aromatic carbocycles. The van der Waals surface area contributed by atoms with Gasteiger partial charge in [-0.15, -0.1) is 11.8 Å². The van der Waals surface area contributed by atoms with Crippen LogP contribution >= 0.6 is 11.8 Å². The van der Waals surface area contributed by atoms with Crippen LogP contribution in [0.1, 0.15) is 18.9 Å². The van der Waals surface area contributed by atoms with Crippen LogP contribution in [0.5, 0.6) is 5.75 Å². The number of carbonyl (C=O) groups is 3. The third kappa shape index (κ3) is 4.08. The van der Waals surface area contributed by atoms with E-state index in [2.05, 4.69) is 17.6 Å². The maximum atomic E-state index is 14.2. The molecule has 2 aromatic rings. The molecule has 7 atom stereocenters. The van der Waals surface area contributed by atoms with Crippen molar-refractivity contribution in [3.8, 4) is 5.75 Å². The van der Waals surface area contributed by atoms with Crippen LogP contribution < -0.4 is 15.4 Å². The van der Waals surface area contributed by atoms with E-state index < -0.39 is 28.7 Å². The van der Waals surface area contributed by atoms with Crippen LogP contribution in [0.3, 0.4) is 0 Å². The molecule has 3 heterocycles. The molecular weight excluding hydrogens is 490 g/mol. The Balaban J connectivity index is 1.56. The lowest BCUT2D eigenvalue weighted by atomic mass is 9.66. The summed E-state index contributed by atoms with van der Waals surface area (Å²) in [6, 6.07) is 15.3. The van der Waals surface area contributed by atoms with Gasteiger partial charge in [-0.1, -0.05) is 37.3 Å². The highest BCUT2D eigenvalue weighted by atomic mass is 32.2. The molecule has 2 bridgehead atoms. The number of aliphatic hydroxyl groups excluding tert-OH is 1. The first-order chi connectivity index (χ1) is 17.8. The van der Waals surface area contributed by atoms with Gasteiger partial charge in [0.2, 0.25) is 17.7 Å². The van der Waals surface area contributed by atoms with Crippen LogP contribution in [-0.2, 0) is 20.8 Å². The van der Waals surface area contributed by atoms with Gasteiger partial charge in [0, 0.05) is 18.0 Å². The first-order valence-electron chi connectivity index (χ1n) is 12.7. The molecule has 5 rings (SSSR count). The maximum Gasteiger partial charge on any atom is 0.248 e. The van der Waals surface area contributed by atoms with Gasteiger partial charge < -0.3 is 25.4 Å². The molecule has 0 aromatic heterocycles. The Kier molecular flexibility index (Phi) is 6.93. The van der Waals surface area contributed by atoms with Crippen molar-refractivity contribution in [3.63, 3.8) is 0 Å². The zero-order valence-electron chi connectivity index (χ0n) is 21.2. The van der Waals surface area contributed by atoms with Crippen LogP contribution in [0.2, 0.25) is 0 Å². The minimum atomic E-state index is -0.826. The van der Waals surface area contributed by atoms with Crippen molar-refractivity contribution in [2.75, 3.05) is 26.1 Å². The lowest BCUT2D eigenvalue weighted by Gasteiger charge is -2.40. The fourth-order valence-corrected chi connectivity index (χ4v) is 9.05. The third-order valence-electron chi connectivity index (χ3n) is 8.26. The average Bonchev–Trinajstić information content (AvgIpc) is 3.51. The first kappa shape index (κ1) is 25.6. The second kappa shape index (κ2) is 10.0. The highest BCUT2D eigenvalue weighted by molar-refractivity contribution is 8.02. The molecule has 3 aliphatic rings. The smallest absolute Gasteiger partial charge is 0.248 e. The van der Waals surface area contributed by atoms with Crippen LogP contribution in [0, 0.1) is 17.8 Å². The van der Waals surface area contributed by atoms with E-state index in [1.807, 2.05) is 30.3 Å². The number of aliphatic hydroxyl groups is 1. The van der Waals surface area contributed by atoms with Gasteiger partial charge in [0.05, 0.1) is 36.3 Å². The average molecular weight is 524 g/mol. The quantitative estimate of drug-likeness (QED) is 0.490. The van der Waals surface area contributed by atoms with Crippen molar-refractivity contribution in [3.05, 3.63) is 60.2 Å². The van der Waals surface area contributed by atoms with Gasteiger partial charge in [0.15, 0.2) is 0 Å². The number of hydrogen-bond acceptors (Lipinski definition) is 6. The maximum absolute atomic E-state index is 14.2. The second-order valence-corrected chi connectivity index (χ2v) is 11.7. The van der Waals surface area contributed by atoms with Gasteiger partial charge in [-0.3, -0.25) is 14.4 Å². The first-order valence-corrected chi connectivity index (χ1v) is 13.5. The van der Waals surface area contributed by atoms with E-state index in [1.165, 1.54) is 0 Å². The molecule has 0 aliphatic carbocycles. The molecule has 0 saturated carbocycles. The Bertz CT molecular complexity index is 1180. The number of rotatable bonds is 8. The van der Waals surface area contributed by atoms with Gasteiger partial charge in [-0.05, 0) is 48.6 Å². The van der Waals surface area contributed by atoms with Gasteiger partial charge >= 0.3 is 0 Å². The fourth-order valence-electron chi connectivity index (χ4n) is 6.64. The Morgan fingerprint density at radius 2 is 1.86 bits per heavy atom. The van der Waals surface area contributed by atoms with E-state index in [0.717, 1.165) is 12.0 Å². The molecule has 37 heavy (non-hydrogen) atoms.